The smallest absolute Gasteiger partial charge is 0.124 e. The van der Waals surface area contributed by atoms with Gasteiger partial charge in [-0.05, 0) is 38.2 Å². The van der Waals surface area contributed by atoms with Crippen molar-refractivity contribution in [1.29, 1.82) is 0 Å². The predicted molar refractivity (Wildman–Crippen MR) is 80.5 cm³/mol. The van der Waals surface area contributed by atoms with Crippen LogP contribution in [-0.4, -0.2) is 12.6 Å². The molecule has 2 heteroatoms. The highest BCUT2D eigenvalue weighted by Crippen LogP contribution is 2.36. The van der Waals surface area contributed by atoms with Gasteiger partial charge in [-0.15, -0.1) is 0 Å². The van der Waals surface area contributed by atoms with E-state index in [1.165, 1.54) is 31.2 Å². The molecular weight excluding hydrogens is 234 g/mol. The lowest BCUT2D eigenvalue weighted by molar-refractivity contribution is 0.238. The third-order valence-corrected chi connectivity index (χ3v) is 4.01. The van der Waals surface area contributed by atoms with E-state index in [2.05, 4.69) is 44.3 Å². The maximum atomic E-state index is 5.85. The second kappa shape index (κ2) is 6.42. The fourth-order valence-corrected chi connectivity index (χ4v) is 2.92. The molecule has 1 aromatic rings. The van der Waals surface area contributed by atoms with Crippen LogP contribution in [-0.2, 0) is 6.54 Å². The maximum absolute atomic E-state index is 5.85. The summed E-state index contributed by atoms with van der Waals surface area (Å²) in [5.41, 5.74) is 1.77. The fourth-order valence-electron chi connectivity index (χ4n) is 2.92. The van der Waals surface area contributed by atoms with Gasteiger partial charge in [0.15, 0.2) is 0 Å². The number of benzene rings is 1. The Bertz CT molecular complexity index is 394. The number of para-hydroxylation sites is 1. The Labute approximate surface area is 117 Å². The fraction of sp³-hybridized carbons (Fsp3) is 0.647. The summed E-state index contributed by atoms with van der Waals surface area (Å²) >= 11 is 0. The van der Waals surface area contributed by atoms with Gasteiger partial charge in [0.05, 0.1) is 6.10 Å². The van der Waals surface area contributed by atoms with Gasteiger partial charge in [0.1, 0.15) is 5.75 Å². The largest absolute Gasteiger partial charge is 0.491 e. The summed E-state index contributed by atoms with van der Waals surface area (Å²) in [6, 6.07) is 8.34. The molecule has 1 aliphatic carbocycles. The molecule has 1 aliphatic rings. The van der Waals surface area contributed by atoms with E-state index in [1.54, 1.807) is 0 Å². The van der Waals surface area contributed by atoms with E-state index in [1.807, 2.05) is 6.07 Å². The van der Waals surface area contributed by atoms with Gasteiger partial charge < -0.3 is 10.1 Å². The molecule has 0 heterocycles. The van der Waals surface area contributed by atoms with Crippen LogP contribution in [0.2, 0.25) is 0 Å². The molecule has 2 rings (SSSR count). The van der Waals surface area contributed by atoms with Crippen LogP contribution in [0.5, 0.6) is 5.75 Å². The highest BCUT2D eigenvalue weighted by molar-refractivity contribution is 5.33. The summed E-state index contributed by atoms with van der Waals surface area (Å²) in [7, 11) is 0. The van der Waals surface area contributed by atoms with Gasteiger partial charge >= 0.3 is 0 Å². The lowest BCUT2D eigenvalue weighted by Gasteiger charge is -2.24. The van der Waals surface area contributed by atoms with Crippen molar-refractivity contribution < 1.29 is 4.74 Å². The first-order valence-corrected chi connectivity index (χ1v) is 7.54. The van der Waals surface area contributed by atoms with Gasteiger partial charge in [-0.2, -0.15) is 0 Å². The Morgan fingerprint density at radius 3 is 2.58 bits per heavy atom. The molecule has 0 atom stereocenters. The van der Waals surface area contributed by atoms with E-state index in [9.17, 15) is 0 Å². The van der Waals surface area contributed by atoms with E-state index in [0.29, 0.717) is 5.41 Å². The molecular formula is C17H27NO. The molecule has 1 N–H and O–H groups in total. The number of rotatable bonds is 6. The molecule has 0 bridgehead atoms. The Morgan fingerprint density at radius 1 is 1.21 bits per heavy atom. The van der Waals surface area contributed by atoms with Gasteiger partial charge in [0.2, 0.25) is 0 Å². The standard InChI is InChI=1S/C17H27NO/c1-14(2)19-16-9-5-4-8-15(16)12-18-13-17(3)10-6-7-11-17/h4-5,8-9,14,18H,6-7,10-13H2,1-3H3. The van der Waals surface area contributed by atoms with Crippen LogP contribution in [0.15, 0.2) is 24.3 Å². The highest BCUT2D eigenvalue weighted by atomic mass is 16.5. The molecule has 0 saturated heterocycles. The monoisotopic (exact) mass is 261 g/mol. The number of nitrogens with one attached hydrogen (secondary N) is 1. The molecule has 0 amide bonds. The first kappa shape index (κ1) is 14.4. The van der Waals surface area contributed by atoms with Gasteiger partial charge in [0, 0.05) is 18.7 Å². The van der Waals surface area contributed by atoms with Crippen molar-refractivity contribution >= 4 is 0 Å². The molecule has 0 unspecified atom stereocenters. The van der Waals surface area contributed by atoms with Gasteiger partial charge in [-0.3, -0.25) is 0 Å². The van der Waals surface area contributed by atoms with E-state index in [-0.39, 0.29) is 6.10 Å². The summed E-state index contributed by atoms with van der Waals surface area (Å²) in [6.07, 6.45) is 5.75. The lowest BCUT2D eigenvalue weighted by atomic mass is 9.89. The molecule has 1 aromatic carbocycles. The summed E-state index contributed by atoms with van der Waals surface area (Å²) in [6.45, 7) is 8.57. The number of hydrogen-bond acceptors (Lipinski definition) is 2. The van der Waals surface area contributed by atoms with Crippen molar-refractivity contribution in [2.45, 2.75) is 59.1 Å². The molecule has 19 heavy (non-hydrogen) atoms. The van der Waals surface area contributed by atoms with Crippen LogP contribution in [0.25, 0.3) is 0 Å². The van der Waals surface area contributed by atoms with Crippen LogP contribution >= 0.6 is 0 Å². The van der Waals surface area contributed by atoms with Crippen molar-refractivity contribution in [3.63, 3.8) is 0 Å². The normalized spacial score (nSPS) is 17.9. The summed E-state index contributed by atoms with van der Waals surface area (Å²) < 4.78 is 5.85. The second-order valence-corrected chi connectivity index (χ2v) is 6.40. The first-order chi connectivity index (χ1) is 9.09. The average Bonchev–Trinajstić information content (AvgIpc) is 2.78. The summed E-state index contributed by atoms with van der Waals surface area (Å²) in [5.74, 6) is 1.02. The minimum Gasteiger partial charge on any atom is -0.491 e. The van der Waals surface area contributed by atoms with Crippen molar-refractivity contribution in [1.82, 2.24) is 5.32 Å². The van der Waals surface area contributed by atoms with Crippen LogP contribution in [0, 0.1) is 5.41 Å². The van der Waals surface area contributed by atoms with Crippen molar-refractivity contribution in [2.75, 3.05) is 6.54 Å². The molecule has 0 aliphatic heterocycles. The molecule has 2 nitrogen and oxygen atoms in total. The third kappa shape index (κ3) is 4.24. The van der Waals surface area contributed by atoms with Crippen LogP contribution < -0.4 is 10.1 Å². The van der Waals surface area contributed by atoms with Gasteiger partial charge in [-0.1, -0.05) is 38.0 Å². The van der Waals surface area contributed by atoms with Crippen LogP contribution in [0.1, 0.15) is 52.0 Å². The number of ether oxygens (including phenoxy) is 1. The highest BCUT2D eigenvalue weighted by Gasteiger charge is 2.27. The topological polar surface area (TPSA) is 21.3 Å². The quantitative estimate of drug-likeness (QED) is 0.831. The molecule has 1 fully saturated rings. The minimum atomic E-state index is 0.230. The molecule has 0 aromatic heterocycles. The molecule has 106 valence electrons. The Morgan fingerprint density at radius 2 is 1.89 bits per heavy atom. The van der Waals surface area contributed by atoms with Crippen molar-refractivity contribution in [3.05, 3.63) is 29.8 Å². The first-order valence-electron chi connectivity index (χ1n) is 7.54. The SMILES string of the molecule is CC(C)Oc1ccccc1CNCC1(C)CCCC1. The Balaban J connectivity index is 1.88. The molecule has 0 spiro atoms. The third-order valence-electron chi connectivity index (χ3n) is 4.01. The Hall–Kier alpha value is -1.02. The van der Waals surface area contributed by atoms with E-state index >= 15 is 0 Å². The molecule has 0 radical (unpaired) electrons. The lowest BCUT2D eigenvalue weighted by Crippen LogP contribution is -2.29. The summed E-state index contributed by atoms with van der Waals surface area (Å²) in [5, 5.41) is 3.62. The maximum Gasteiger partial charge on any atom is 0.124 e. The molecule has 1 saturated carbocycles. The Kier molecular flexibility index (Phi) is 4.87. The van der Waals surface area contributed by atoms with E-state index in [0.717, 1.165) is 18.8 Å². The zero-order valence-electron chi connectivity index (χ0n) is 12.5. The van der Waals surface area contributed by atoms with Crippen LogP contribution in [0.3, 0.4) is 0 Å². The van der Waals surface area contributed by atoms with Crippen LogP contribution in [0.4, 0.5) is 0 Å². The predicted octanol–water partition coefficient (Wildman–Crippen LogP) is 4.14. The van der Waals surface area contributed by atoms with E-state index in [4.69, 9.17) is 4.74 Å². The zero-order chi connectivity index (χ0) is 13.7. The zero-order valence-corrected chi connectivity index (χ0v) is 12.5. The number of hydrogen-bond donors (Lipinski definition) is 1. The second-order valence-electron chi connectivity index (χ2n) is 6.40. The minimum absolute atomic E-state index is 0.230. The van der Waals surface area contributed by atoms with Crippen molar-refractivity contribution in [2.24, 2.45) is 5.41 Å². The summed E-state index contributed by atoms with van der Waals surface area (Å²) in [4.78, 5) is 0. The average molecular weight is 261 g/mol. The van der Waals surface area contributed by atoms with Gasteiger partial charge in [-0.25, -0.2) is 0 Å². The van der Waals surface area contributed by atoms with E-state index < -0.39 is 0 Å². The van der Waals surface area contributed by atoms with Gasteiger partial charge in [0.25, 0.3) is 0 Å². The van der Waals surface area contributed by atoms with Crippen molar-refractivity contribution in [3.8, 4) is 5.75 Å².